The Morgan fingerprint density at radius 3 is 2.88 bits per heavy atom. The molecule has 2 rings (SSSR count). The van der Waals surface area contributed by atoms with E-state index in [1.54, 1.807) is 24.3 Å². The average molecular weight is 268 g/mol. The lowest BCUT2D eigenvalue weighted by molar-refractivity contribution is 0.561. The zero-order valence-corrected chi connectivity index (χ0v) is 10.9. The van der Waals surface area contributed by atoms with Crippen LogP contribution in [0.1, 0.15) is 5.56 Å². The largest absolute Gasteiger partial charge is 0.472 e. The second-order valence-electron chi connectivity index (χ2n) is 3.59. The maximum atomic E-state index is 6.06. The summed E-state index contributed by atoms with van der Waals surface area (Å²) < 4.78 is 4.99. The molecule has 4 heteroatoms. The Bertz CT molecular complexity index is 444. The van der Waals surface area contributed by atoms with Crippen LogP contribution in [0, 0.1) is 0 Å². The van der Waals surface area contributed by atoms with Crippen LogP contribution in [0.2, 0.25) is 5.02 Å². The third-order valence-electron chi connectivity index (χ3n) is 2.28. The summed E-state index contributed by atoms with van der Waals surface area (Å²) in [5.41, 5.74) is 1.17. The Hall–Kier alpha value is -0.900. The van der Waals surface area contributed by atoms with Crippen LogP contribution in [0.3, 0.4) is 0 Å². The molecule has 0 aliphatic heterocycles. The van der Waals surface area contributed by atoms with Gasteiger partial charge in [0.25, 0.3) is 0 Å². The van der Waals surface area contributed by atoms with Crippen LogP contribution in [-0.4, -0.2) is 12.3 Å². The molecule has 1 aromatic heterocycles. The topological polar surface area (TPSA) is 25.2 Å². The lowest BCUT2D eigenvalue weighted by Gasteiger charge is -2.04. The summed E-state index contributed by atoms with van der Waals surface area (Å²) in [4.78, 5) is 1.14. The fraction of sp³-hybridized carbons (Fsp3) is 0.231. The number of hydrogen-bond donors (Lipinski definition) is 1. The predicted molar refractivity (Wildman–Crippen MR) is 72.6 cm³/mol. The van der Waals surface area contributed by atoms with Crippen LogP contribution < -0.4 is 5.32 Å². The summed E-state index contributed by atoms with van der Waals surface area (Å²) in [6.07, 6.45) is 3.45. The van der Waals surface area contributed by atoms with E-state index < -0.39 is 0 Å². The van der Waals surface area contributed by atoms with Gasteiger partial charge in [0.1, 0.15) is 0 Å². The van der Waals surface area contributed by atoms with Gasteiger partial charge in [-0.1, -0.05) is 23.7 Å². The fourth-order valence-electron chi connectivity index (χ4n) is 1.42. The van der Waals surface area contributed by atoms with Gasteiger partial charge in [0.2, 0.25) is 0 Å². The minimum absolute atomic E-state index is 0.826. The molecule has 1 aromatic carbocycles. The smallest absolute Gasteiger partial charge is 0.0947 e. The molecule has 0 amide bonds. The number of hydrogen-bond acceptors (Lipinski definition) is 3. The molecule has 1 N–H and O–H groups in total. The highest BCUT2D eigenvalue weighted by Gasteiger charge is 1.99. The van der Waals surface area contributed by atoms with Gasteiger partial charge in [-0.25, -0.2) is 0 Å². The molecule has 0 radical (unpaired) electrons. The molecule has 0 bridgehead atoms. The maximum absolute atomic E-state index is 6.06. The van der Waals surface area contributed by atoms with Crippen LogP contribution in [0.5, 0.6) is 0 Å². The van der Waals surface area contributed by atoms with Crippen molar-refractivity contribution in [2.45, 2.75) is 11.4 Å². The highest BCUT2D eigenvalue weighted by Crippen LogP contribution is 2.25. The first-order valence-electron chi connectivity index (χ1n) is 5.45. The number of furan rings is 1. The lowest BCUT2D eigenvalue weighted by atomic mass is 10.3. The summed E-state index contributed by atoms with van der Waals surface area (Å²) in [6.45, 7) is 1.79. The Balaban J connectivity index is 1.65. The number of rotatable bonds is 6. The van der Waals surface area contributed by atoms with E-state index in [1.807, 2.05) is 30.3 Å². The van der Waals surface area contributed by atoms with Crippen molar-refractivity contribution < 1.29 is 4.42 Å². The minimum Gasteiger partial charge on any atom is -0.472 e. The molecule has 0 saturated carbocycles. The number of benzene rings is 1. The first-order chi connectivity index (χ1) is 8.36. The minimum atomic E-state index is 0.826. The van der Waals surface area contributed by atoms with Crippen molar-refractivity contribution in [1.82, 2.24) is 5.32 Å². The van der Waals surface area contributed by atoms with Crippen LogP contribution in [-0.2, 0) is 6.54 Å². The van der Waals surface area contributed by atoms with E-state index in [9.17, 15) is 0 Å². The Kier molecular flexibility index (Phi) is 4.98. The van der Waals surface area contributed by atoms with E-state index in [4.69, 9.17) is 16.0 Å². The third kappa shape index (κ3) is 4.11. The van der Waals surface area contributed by atoms with Crippen molar-refractivity contribution in [1.29, 1.82) is 0 Å². The van der Waals surface area contributed by atoms with Crippen molar-refractivity contribution in [3.8, 4) is 0 Å². The summed E-state index contributed by atoms with van der Waals surface area (Å²) in [5, 5.41) is 4.18. The fourth-order valence-corrected chi connectivity index (χ4v) is 2.57. The zero-order chi connectivity index (χ0) is 11.9. The highest BCUT2D eigenvalue weighted by molar-refractivity contribution is 7.99. The molecule has 1 heterocycles. The first kappa shape index (κ1) is 12.6. The van der Waals surface area contributed by atoms with E-state index in [1.165, 1.54) is 5.56 Å². The van der Waals surface area contributed by atoms with Gasteiger partial charge < -0.3 is 9.73 Å². The molecule has 0 spiro atoms. The molecule has 0 atom stereocenters. The van der Waals surface area contributed by atoms with Gasteiger partial charge in [-0.3, -0.25) is 0 Å². The molecule has 0 fully saturated rings. The van der Waals surface area contributed by atoms with E-state index >= 15 is 0 Å². The van der Waals surface area contributed by atoms with Gasteiger partial charge in [0.15, 0.2) is 0 Å². The molecule has 2 aromatic rings. The van der Waals surface area contributed by atoms with Gasteiger partial charge in [-0.05, 0) is 18.2 Å². The summed E-state index contributed by atoms with van der Waals surface area (Å²) in [7, 11) is 0. The predicted octanol–water partition coefficient (Wildman–Crippen LogP) is 3.81. The SMILES string of the molecule is Clc1ccccc1SCCNCc1ccoc1. The van der Waals surface area contributed by atoms with Gasteiger partial charge in [-0.15, -0.1) is 11.8 Å². The molecule has 2 nitrogen and oxygen atoms in total. The van der Waals surface area contributed by atoms with Crippen LogP contribution in [0.15, 0.2) is 52.2 Å². The molecule has 17 heavy (non-hydrogen) atoms. The van der Waals surface area contributed by atoms with Crippen molar-refractivity contribution in [3.05, 3.63) is 53.4 Å². The van der Waals surface area contributed by atoms with Gasteiger partial charge >= 0.3 is 0 Å². The quantitative estimate of drug-likeness (QED) is 0.636. The monoisotopic (exact) mass is 267 g/mol. The third-order valence-corrected chi connectivity index (χ3v) is 3.80. The lowest BCUT2D eigenvalue weighted by Crippen LogP contribution is -2.15. The molecule has 0 unspecified atom stereocenters. The molecule has 0 aliphatic rings. The molecule has 90 valence electrons. The molecular weight excluding hydrogens is 254 g/mol. The number of halogens is 1. The molecule has 0 aliphatic carbocycles. The van der Waals surface area contributed by atoms with Crippen LogP contribution in [0.25, 0.3) is 0 Å². The summed E-state index contributed by atoms with van der Waals surface area (Å²) >= 11 is 7.83. The number of thioether (sulfide) groups is 1. The Labute approximate surface area is 110 Å². The van der Waals surface area contributed by atoms with E-state index in [2.05, 4.69) is 5.32 Å². The second-order valence-corrected chi connectivity index (χ2v) is 5.13. The van der Waals surface area contributed by atoms with Gasteiger partial charge in [0, 0.05) is 29.3 Å². The summed E-state index contributed by atoms with van der Waals surface area (Å²) in [6, 6.07) is 9.89. The van der Waals surface area contributed by atoms with Crippen molar-refractivity contribution in [2.75, 3.05) is 12.3 Å². The standard InChI is InChI=1S/C13H14ClNOS/c14-12-3-1-2-4-13(12)17-8-6-15-9-11-5-7-16-10-11/h1-5,7,10,15H,6,8-9H2. The van der Waals surface area contributed by atoms with E-state index in [0.717, 1.165) is 28.8 Å². The Morgan fingerprint density at radius 2 is 2.12 bits per heavy atom. The summed E-state index contributed by atoms with van der Waals surface area (Å²) in [5.74, 6) is 1.00. The molecular formula is C13H14ClNOS. The Morgan fingerprint density at radius 1 is 1.24 bits per heavy atom. The van der Waals surface area contributed by atoms with Crippen LogP contribution in [0.4, 0.5) is 0 Å². The van der Waals surface area contributed by atoms with Gasteiger partial charge in [-0.2, -0.15) is 0 Å². The van der Waals surface area contributed by atoms with Crippen molar-refractivity contribution in [2.24, 2.45) is 0 Å². The number of nitrogens with one attached hydrogen (secondary N) is 1. The first-order valence-corrected chi connectivity index (χ1v) is 6.82. The zero-order valence-electron chi connectivity index (χ0n) is 9.36. The average Bonchev–Trinajstić information content (AvgIpc) is 2.84. The maximum Gasteiger partial charge on any atom is 0.0947 e. The van der Waals surface area contributed by atoms with Crippen molar-refractivity contribution >= 4 is 23.4 Å². The highest BCUT2D eigenvalue weighted by atomic mass is 35.5. The second kappa shape index (κ2) is 6.74. The normalized spacial score (nSPS) is 10.6. The van der Waals surface area contributed by atoms with Gasteiger partial charge in [0.05, 0.1) is 17.5 Å². The van der Waals surface area contributed by atoms with E-state index in [0.29, 0.717) is 0 Å². The van der Waals surface area contributed by atoms with E-state index in [-0.39, 0.29) is 0 Å². The van der Waals surface area contributed by atoms with Crippen molar-refractivity contribution in [3.63, 3.8) is 0 Å². The van der Waals surface area contributed by atoms with Crippen LogP contribution >= 0.6 is 23.4 Å². The molecule has 0 saturated heterocycles.